The number of nitrogens with zero attached hydrogens (tertiary/aromatic N) is 1. The number of hydrogen-bond donors (Lipinski definition) is 0. The minimum atomic E-state index is 0.0418. The molecule has 1 aromatic carbocycles. The van der Waals surface area contributed by atoms with Crippen molar-refractivity contribution in [3.05, 3.63) is 46.8 Å². The average Bonchev–Trinajstić information content (AvgIpc) is 2.87. The van der Waals surface area contributed by atoms with Gasteiger partial charge in [-0.15, -0.1) is 11.3 Å². The summed E-state index contributed by atoms with van der Waals surface area (Å²) in [5.41, 5.74) is 1.84. The second kappa shape index (κ2) is 7.10. The van der Waals surface area contributed by atoms with Crippen molar-refractivity contribution < 1.29 is 4.79 Å². The zero-order valence-corrected chi connectivity index (χ0v) is 13.0. The number of hydrogen-bond acceptors (Lipinski definition) is 2. The van der Waals surface area contributed by atoms with E-state index in [2.05, 4.69) is 19.1 Å². The van der Waals surface area contributed by atoms with Gasteiger partial charge in [0.15, 0.2) is 0 Å². The molecule has 2 nitrogen and oxygen atoms in total. The molecule has 0 aliphatic rings. The van der Waals surface area contributed by atoms with Gasteiger partial charge in [0.25, 0.3) is 5.91 Å². The maximum Gasteiger partial charge on any atom is 0.253 e. The van der Waals surface area contributed by atoms with Gasteiger partial charge in [0.1, 0.15) is 0 Å². The Hall–Kier alpha value is -1.61. The summed E-state index contributed by atoms with van der Waals surface area (Å²) in [6.07, 6.45) is 0. The van der Waals surface area contributed by atoms with E-state index in [1.54, 1.807) is 30.3 Å². The van der Waals surface area contributed by atoms with Crippen molar-refractivity contribution in [3.8, 4) is 10.4 Å². The molecule has 0 saturated heterocycles. The third-order valence-corrected chi connectivity index (χ3v) is 3.59. The molecule has 0 fully saturated rings. The normalized spacial score (nSPS) is 9.53. The smallest absolute Gasteiger partial charge is 0.253 e. The molecule has 0 radical (unpaired) electrons. The first kappa shape index (κ1) is 15.4. The lowest BCUT2D eigenvalue weighted by Crippen LogP contribution is -2.21. The van der Waals surface area contributed by atoms with Crippen LogP contribution in [0, 0.1) is 6.92 Å². The molecule has 2 aromatic rings. The van der Waals surface area contributed by atoms with Crippen LogP contribution in [0.4, 0.5) is 0 Å². The summed E-state index contributed by atoms with van der Waals surface area (Å²) < 4.78 is 0. The Morgan fingerprint density at radius 1 is 1.11 bits per heavy atom. The summed E-state index contributed by atoms with van der Waals surface area (Å²) in [5, 5.41) is 0. The number of carbonyl (C=O) groups is 1. The maximum absolute atomic E-state index is 11.9. The molecule has 1 amide bonds. The number of carbonyl (C=O) groups excluding carboxylic acids is 1. The molecule has 0 saturated carbocycles. The van der Waals surface area contributed by atoms with E-state index in [0.717, 1.165) is 11.1 Å². The lowest BCUT2D eigenvalue weighted by molar-refractivity contribution is 0.0827. The second-order valence-corrected chi connectivity index (χ2v) is 5.48. The van der Waals surface area contributed by atoms with E-state index in [9.17, 15) is 4.79 Å². The largest absolute Gasteiger partial charge is 0.345 e. The van der Waals surface area contributed by atoms with E-state index in [1.807, 2.05) is 38.1 Å². The minimum absolute atomic E-state index is 0.0418. The van der Waals surface area contributed by atoms with Crippen LogP contribution >= 0.6 is 11.3 Å². The Morgan fingerprint density at radius 2 is 1.79 bits per heavy atom. The molecule has 102 valence electrons. The number of amides is 1. The van der Waals surface area contributed by atoms with Crippen molar-refractivity contribution in [2.75, 3.05) is 14.1 Å². The molecule has 0 bridgehead atoms. The molecular weight excluding hydrogens is 254 g/mol. The number of rotatable bonds is 2. The van der Waals surface area contributed by atoms with Crippen LogP contribution in [0.2, 0.25) is 0 Å². The zero-order chi connectivity index (χ0) is 14.4. The topological polar surface area (TPSA) is 20.3 Å². The van der Waals surface area contributed by atoms with Gasteiger partial charge >= 0.3 is 0 Å². The SMILES string of the molecule is CC.Cc1ccc(-c2cccc(C(=O)N(C)C)c2)s1. The van der Waals surface area contributed by atoms with E-state index >= 15 is 0 Å². The summed E-state index contributed by atoms with van der Waals surface area (Å²) in [5.74, 6) is 0.0418. The van der Waals surface area contributed by atoms with Gasteiger partial charge in [-0.25, -0.2) is 0 Å². The fraction of sp³-hybridized carbons (Fsp3) is 0.312. The van der Waals surface area contributed by atoms with Gasteiger partial charge in [-0.05, 0) is 36.8 Å². The van der Waals surface area contributed by atoms with Gasteiger partial charge < -0.3 is 4.90 Å². The predicted molar refractivity (Wildman–Crippen MR) is 83.9 cm³/mol. The molecule has 19 heavy (non-hydrogen) atoms. The van der Waals surface area contributed by atoms with Gasteiger partial charge in [0, 0.05) is 29.4 Å². The molecule has 0 unspecified atom stereocenters. The quantitative estimate of drug-likeness (QED) is 0.793. The Labute approximate surface area is 119 Å². The fourth-order valence-electron chi connectivity index (χ4n) is 1.65. The predicted octanol–water partition coefficient (Wildman–Crippen LogP) is 4.45. The van der Waals surface area contributed by atoms with Crippen molar-refractivity contribution in [1.29, 1.82) is 0 Å². The van der Waals surface area contributed by atoms with Crippen molar-refractivity contribution in [2.24, 2.45) is 0 Å². The summed E-state index contributed by atoms with van der Waals surface area (Å²) in [6.45, 7) is 6.09. The van der Waals surface area contributed by atoms with E-state index in [4.69, 9.17) is 0 Å². The van der Waals surface area contributed by atoms with Crippen LogP contribution in [0.5, 0.6) is 0 Å². The molecular formula is C16H21NOS. The summed E-state index contributed by atoms with van der Waals surface area (Å²) in [7, 11) is 3.54. The van der Waals surface area contributed by atoms with Gasteiger partial charge in [0.2, 0.25) is 0 Å². The van der Waals surface area contributed by atoms with Crippen molar-refractivity contribution in [2.45, 2.75) is 20.8 Å². The number of aryl methyl sites for hydroxylation is 1. The summed E-state index contributed by atoms with van der Waals surface area (Å²) in [4.78, 5) is 15.9. The first-order valence-corrected chi connectivity index (χ1v) is 7.28. The van der Waals surface area contributed by atoms with Gasteiger partial charge in [0.05, 0.1) is 0 Å². The first-order valence-electron chi connectivity index (χ1n) is 6.46. The highest BCUT2D eigenvalue weighted by Gasteiger charge is 2.09. The Balaban J connectivity index is 0.000000861. The van der Waals surface area contributed by atoms with Gasteiger partial charge in [-0.1, -0.05) is 26.0 Å². The molecule has 1 aromatic heterocycles. The maximum atomic E-state index is 11.9. The van der Waals surface area contributed by atoms with Gasteiger partial charge in [-0.2, -0.15) is 0 Å². The first-order chi connectivity index (χ1) is 9.08. The van der Waals surface area contributed by atoms with Crippen LogP contribution in [0.25, 0.3) is 10.4 Å². The zero-order valence-electron chi connectivity index (χ0n) is 12.2. The summed E-state index contributed by atoms with van der Waals surface area (Å²) >= 11 is 1.74. The van der Waals surface area contributed by atoms with Crippen LogP contribution < -0.4 is 0 Å². The van der Waals surface area contributed by atoms with Crippen molar-refractivity contribution >= 4 is 17.2 Å². The Kier molecular flexibility index (Phi) is 5.77. The van der Waals surface area contributed by atoms with Gasteiger partial charge in [-0.3, -0.25) is 4.79 Å². The molecule has 0 aliphatic carbocycles. The molecule has 0 N–H and O–H groups in total. The highest BCUT2D eigenvalue weighted by Crippen LogP contribution is 2.28. The highest BCUT2D eigenvalue weighted by molar-refractivity contribution is 7.15. The lowest BCUT2D eigenvalue weighted by atomic mass is 10.1. The lowest BCUT2D eigenvalue weighted by Gasteiger charge is -2.10. The fourth-order valence-corrected chi connectivity index (χ4v) is 2.52. The summed E-state index contributed by atoms with van der Waals surface area (Å²) in [6, 6.07) is 12.0. The Morgan fingerprint density at radius 3 is 2.32 bits per heavy atom. The second-order valence-electron chi connectivity index (χ2n) is 4.19. The highest BCUT2D eigenvalue weighted by atomic mass is 32.1. The van der Waals surface area contributed by atoms with Crippen LogP contribution in [0.15, 0.2) is 36.4 Å². The monoisotopic (exact) mass is 275 g/mol. The molecule has 3 heteroatoms. The van der Waals surface area contributed by atoms with E-state index in [0.29, 0.717) is 0 Å². The van der Waals surface area contributed by atoms with E-state index in [-0.39, 0.29) is 5.91 Å². The Bertz CT molecular complexity index is 543. The van der Waals surface area contributed by atoms with Crippen molar-refractivity contribution in [3.63, 3.8) is 0 Å². The van der Waals surface area contributed by atoms with E-state index in [1.165, 1.54) is 9.75 Å². The third-order valence-electron chi connectivity index (χ3n) is 2.54. The standard InChI is InChI=1S/C14H15NOS.C2H6/c1-10-7-8-13(17-10)11-5-4-6-12(9-11)14(16)15(2)3;1-2/h4-9H,1-3H3;1-2H3. The van der Waals surface area contributed by atoms with Crippen LogP contribution in [-0.4, -0.2) is 24.9 Å². The minimum Gasteiger partial charge on any atom is -0.345 e. The number of thiophene rings is 1. The molecule has 0 aliphatic heterocycles. The average molecular weight is 275 g/mol. The molecule has 2 rings (SSSR count). The molecule has 0 atom stereocenters. The van der Waals surface area contributed by atoms with Crippen molar-refractivity contribution in [1.82, 2.24) is 4.90 Å². The molecule has 0 spiro atoms. The number of benzene rings is 1. The molecule has 1 heterocycles. The third kappa shape index (κ3) is 3.93. The van der Waals surface area contributed by atoms with E-state index < -0.39 is 0 Å². The van der Waals surface area contributed by atoms with Crippen LogP contribution in [0.3, 0.4) is 0 Å². The van der Waals surface area contributed by atoms with Crippen LogP contribution in [0.1, 0.15) is 29.1 Å². The van der Waals surface area contributed by atoms with Crippen LogP contribution in [-0.2, 0) is 0 Å².